The minimum Gasteiger partial charge on any atom is -0.465 e. The zero-order valence-corrected chi connectivity index (χ0v) is 10.7. The van der Waals surface area contributed by atoms with Crippen molar-refractivity contribution in [3.63, 3.8) is 0 Å². The highest BCUT2D eigenvalue weighted by atomic mass is 16.5. The maximum atomic E-state index is 11.4. The van der Waals surface area contributed by atoms with E-state index in [0.29, 0.717) is 23.9 Å². The number of esters is 1. The molecule has 0 aromatic carbocycles. The van der Waals surface area contributed by atoms with Crippen LogP contribution in [0.5, 0.6) is 0 Å². The molecule has 18 heavy (non-hydrogen) atoms. The number of nitrogens with zero attached hydrogens (tertiary/aromatic N) is 1. The first kappa shape index (κ1) is 12.8. The Morgan fingerprint density at radius 2 is 2.39 bits per heavy atom. The quantitative estimate of drug-likeness (QED) is 0.828. The van der Waals surface area contributed by atoms with Gasteiger partial charge in [-0.3, -0.25) is 0 Å². The van der Waals surface area contributed by atoms with E-state index in [1.807, 2.05) is 0 Å². The number of rotatable bonds is 3. The summed E-state index contributed by atoms with van der Waals surface area (Å²) in [5.41, 5.74) is 1.17. The highest BCUT2D eigenvalue weighted by Crippen LogP contribution is 2.15. The van der Waals surface area contributed by atoms with Crippen molar-refractivity contribution in [2.45, 2.75) is 25.8 Å². The normalized spacial score (nSPS) is 19.3. The average molecular weight is 250 g/mol. The van der Waals surface area contributed by atoms with Crippen molar-refractivity contribution in [2.75, 3.05) is 25.6 Å². The van der Waals surface area contributed by atoms with Gasteiger partial charge in [-0.05, 0) is 31.9 Å². The van der Waals surface area contributed by atoms with Crippen molar-refractivity contribution in [1.29, 1.82) is 0 Å². The third-order valence-electron chi connectivity index (χ3n) is 3.00. The molecule has 1 aromatic rings. The lowest BCUT2D eigenvalue weighted by molar-refractivity contribution is 0.0599. The SMILES string of the molecule is COC(=O)c1ccc(NC2CCCOC2)nc1C. The first-order chi connectivity index (χ1) is 8.70. The molecule has 0 amide bonds. The summed E-state index contributed by atoms with van der Waals surface area (Å²) in [6.45, 7) is 3.35. The topological polar surface area (TPSA) is 60.5 Å². The van der Waals surface area contributed by atoms with E-state index in [4.69, 9.17) is 4.74 Å². The fourth-order valence-corrected chi connectivity index (χ4v) is 2.03. The van der Waals surface area contributed by atoms with Crippen LogP contribution in [0, 0.1) is 6.92 Å². The maximum Gasteiger partial charge on any atom is 0.339 e. The van der Waals surface area contributed by atoms with Gasteiger partial charge in [-0.15, -0.1) is 0 Å². The number of ether oxygens (including phenoxy) is 2. The third kappa shape index (κ3) is 2.98. The molecule has 0 radical (unpaired) electrons. The lowest BCUT2D eigenvalue weighted by Crippen LogP contribution is -2.30. The van der Waals surface area contributed by atoms with Crippen LogP contribution in [-0.2, 0) is 9.47 Å². The van der Waals surface area contributed by atoms with E-state index in [2.05, 4.69) is 15.0 Å². The Kier molecular flexibility index (Phi) is 4.15. The van der Waals surface area contributed by atoms with Crippen LogP contribution in [-0.4, -0.2) is 37.3 Å². The van der Waals surface area contributed by atoms with Gasteiger partial charge in [0.2, 0.25) is 0 Å². The Balaban J connectivity index is 2.06. The number of aromatic nitrogens is 1. The van der Waals surface area contributed by atoms with Gasteiger partial charge < -0.3 is 14.8 Å². The number of methoxy groups -OCH3 is 1. The monoisotopic (exact) mass is 250 g/mol. The highest BCUT2D eigenvalue weighted by Gasteiger charge is 2.15. The lowest BCUT2D eigenvalue weighted by atomic mass is 10.1. The molecule has 0 aliphatic carbocycles. The van der Waals surface area contributed by atoms with Crippen LogP contribution < -0.4 is 5.32 Å². The van der Waals surface area contributed by atoms with Crippen molar-refractivity contribution in [3.05, 3.63) is 23.4 Å². The predicted octanol–water partition coefficient (Wildman–Crippen LogP) is 1.77. The van der Waals surface area contributed by atoms with Crippen LogP contribution in [0.1, 0.15) is 28.9 Å². The molecule has 98 valence electrons. The van der Waals surface area contributed by atoms with Crippen molar-refractivity contribution in [1.82, 2.24) is 4.98 Å². The molecule has 1 aliphatic heterocycles. The summed E-state index contributed by atoms with van der Waals surface area (Å²) < 4.78 is 10.1. The van der Waals surface area contributed by atoms with Crippen LogP contribution in [0.15, 0.2) is 12.1 Å². The van der Waals surface area contributed by atoms with Gasteiger partial charge in [0, 0.05) is 6.61 Å². The number of carbonyl (C=O) groups is 1. The molecule has 1 N–H and O–H groups in total. The van der Waals surface area contributed by atoms with Gasteiger partial charge in [0.1, 0.15) is 5.82 Å². The van der Waals surface area contributed by atoms with E-state index in [0.717, 1.165) is 25.3 Å². The van der Waals surface area contributed by atoms with Crippen LogP contribution in [0.3, 0.4) is 0 Å². The van der Waals surface area contributed by atoms with Gasteiger partial charge in [-0.1, -0.05) is 0 Å². The van der Waals surface area contributed by atoms with Crippen molar-refractivity contribution >= 4 is 11.8 Å². The Labute approximate surface area is 107 Å². The smallest absolute Gasteiger partial charge is 0.339 e. The zero-order valence-electron chi connectivity index (χ0n) is 10.7. The first-order valence-electron chi connectivity index (χ1n) is 6.11. The second-order valence-electron chi connectivity index (χ2n) is 4.38. The Hall–Kier alpha value is -1.62. The second kappa shape index (κ2) is 5.82. The number of pyridine rings is 1. The fourth-order valence-electron chi connectivity index (χ4n) is 2.03. The molecule has 2 rings (SSSR count). The Morgan fingerprint density at radius 1 is 1.56 bits per heavy atom. The van der Waals surface area contributed by atoms with Gasteiger partial charge >= 0.3 is 5.97 Å². The molecule has 1 unspecified atom stereocenters. The number of hydrogen-bond donors (Lipinski definition) is 1. The van der Waals surface area contributed by atoms with Crippen LogP contribution in [0.4, 0.5) is 5.82 Å². The number of carbonyl (C=O) groups excluding carboxylic acids is 1. The largest absolute Gasteiger partial charge is 0.465 e. The minimum absolute atomic E-state index is 0.301. The number of hydrogen-bond acceptors (Lipinski definition) is 5. The molecule has 0 saturated carbocycles. The van der Waals surface area contributed by atoms with E-state index in [9.17, 15) is 4.79 Å². The van der Waals surface area contributed by atoms with Gasteiger partial charge in [0.25, 0.3) is 0 Å². The van der Waals surface area contributed by atoms with E-state index < -0.39 is 0 Å². The standard InChI is InChI=1S/C13H18N2O3/c1-9-11(13(16)17-2)5-6-12(14-9)15-10-4-3-7-18-8-10/h5-6,10H,3-4,7-8H2,1-2H3,(H,14,15). The molecule has 1 aromatic heterocycles. The number of nitrogens with one attached hydrogen (secondary N) is 1. The molecule has 5 heteroatoms. The van der Waals surface area contributed by atoms with Crippen molar-refractivity contribution in [3.8, 4) is 0 Å². The lowest BCUT2D eigenvalue weighted by Gasteiger charge is -2.23. The molecule has 1 aliphatic rings. The summed E-state index contributed by atoms with van der Waals surface area (Å²) in [7, 11) is 1.37. The second-order valence-corrected chi connectivity index (χ2v) is 4.38. The van der Waals surface area contributed by atoms with E-state index in [1.165, 1.54) is 7.11 Å². The summed E-state index contributed by atoms with van der Waals surface area (Å²) in [4.78, 5) is 15.8. The minimum atomic E-state index is -0.354. The fraction of sp³-hybridized carbons (Fsp3) is 0.538. The van der Waals surface area contributed by atoms with Crippen molar-refractivity contribution < 1.29 is 14.3 Å². The van der Waals surface area contributed by atoms with Crippen LogP contribution >= 0.6 is 0 Å². The van der Waals surface area contributed by atoms with Gasteiger partial charge in [0.15, 0.2) is 0 Å². The molecule has 0 spiro atoms. The van der Waals surface area contributed by atoms with E-state index >= 15 is 0 Å². The average Bonchev–Trinajstić information content (AvgIpc) is 2.39. The maximum absolute atomic E-state index is 11.4. The van der Waals surface area contributed by atoms with E-state index in [-0.39, 0.29) is 5.97 Å². The molecular formula is C13H18N2O3. The molecule has 2 heterocycles. The summed E-state index contributed by atoms with van der Waals surface area (Å²) in [6, 6.07) is 3.84. The van der Waals surface area contributed by atoms with Gasteiger partial charge in [-0.2, -0.15) is 0 Å². The summed E-state index contributed by atoms with van der Waals surface area (Å²) >= 11 is 0. The van der Waals surface area contributed by atoms with Crippen LogP contribution in [0.25, 0.3) is 0 Å². The van der Waals surface area contributed by atoms with Crippen molar-refractivity contribution in [2.24, 2.45) is 0 Å². The summed E-state index contributed by atoms with van der Waals surface area (Å²) in [6.07, 6.45) is 2.15. The van der Waals surface area contributed by atoms with Crippen LogP contribution in [0.2, 0.25) is 0 Å². The molecule has 1 atom stereocenters. The van der Waals surface area contributed by atoms with Gasteiger partial charge in [-0.25, -0.2) is 9.78 Å². The predicted molar refractivity (Wildman–Crippen MR) is 67.8 cm³/mol. The molecular weight excluding hydrogens is 232 g/mol. The third-order valence-corrected chi connectivity index (χ3v) is 3.00. The summed E-state index contributed by atoms with van der Waals surface area (Å²) in [5.74, 6) is 0.420. The molecule has 1 saturated heterocycles. The molecule has 1 fully saturated rings. The Morgan fingerprint density at radius 3 is 3.00 bits per heavy atom. The number of anilines is 1. The number of aryl methyl sites for hydroxylation is 1. The summed E-state index contributed by atoms with van der Waals surface area (Å²) in [5, 5.41) is 3.32. The molecule has 0 bridgehead atoms. The highest BCUT2D eigenvalue weighted by molar-refractivity contribution is 5.90. The zero-order chi connectivity index (χ0) is 13.0. The van der Waals surface area contributed by atoms with Gasteiger partial charge in [0.05, 0.1) is 31.0 Å². The van der Waals surface area contributed by atoms with E-state index in [1.54, 1.807) is 19.1 Å². The first-order valence-corrected chi connectivity index (χ1v) is 6.11. The Bertz CT molecular complexity index is 428. The molecule has 5 nitrogen and oxygen atoms in total.